The number of benzene rings is 1. The molecule has 1 aromatic carbocycles. The van der Waals surface area contributed by atoms with E-state index in [0.717, 1.165) is 11.1 Å². The van der Waals surface area contributed by atoms with Crippen LogP contribution in [0.2, 0.25) is 0 Å². The summed E-state index contributed by atoms with van der Waals surface area (Å²) in [6, 6.07) is 5.63. The minimum absolute atomic E-state index is 0.0712. The molecule has 0 aliphatic heterocycles. The molecule has 0 fully saturated rings. The van der Waals surface area contributed by atoms with Crippen molar-refractivity contribution in [1.82, 2.24) is 9.97 Å². The summed E-state index contributed by atoms with van der Waals surface area (Å²) in [5, 5.41) is 0.681. The molecule has 14 heavy (non-hydrogen) atoms. The quantitative estimate of drug-likeness (QED) is 0.692. The van der Waals surface area contributed by atoms with E-state index >= 15 is 0 Å². The van der Waals surface area contributed by atoms with Crippen molar-refractivity contribution in [2.24, 2.45) is 0 Å². The summed E-state index contributed by atoms with van der Waals surface area (Å²) < 4.78 is 0. The second-order valence-corrected chi connectivity index (χ2v) is 2.70. The molecule has 0 bridgehead atoms. The van der Waals surface area contributed by atoms with Gasteiger partial charge in [0.2, 0.25) is 0 Å². The highest BCUT2D eigenvalue weighted by Crippen LogP contribution is 2.09. The molecule has 0 unspecified atom stereocenters. The number of aromatic nitrogens is 2. The van der Waals surface area contributed by atoms with Crippen LogP contribution in [0.15, 0.2) is 29.3 Å². The summed E-state index contributed by atoms with van der Waals surface area (Å²) >= 11 is 0. The van der Waals surface area contributed by atoms with Crippen LogP contribution in [0.1, 0.15) is 19.4 Å². The monoisotopic (exact) mass is 190 g/mol. The number of nitrogens with zero attached hydrogens (tertiary/aromatic N) is 1. The van der Waals surface area contributed by atoms with Crippen molar-refractivity contribution in [3.8, 4) is 0 Å². The number of nitrogens with one attached hydrogen (secondary N) is 1. The largest absolute Gasteiger partial charge is 0.313 e. The average Bonchev–Trinajstić information content (AvgIpc) is 2.21. The van der Waals surface area contributed by atoms with Crippen LogP contribution in [0.3, 0.4) is 0 Å². The van der Waals surface area contributed by atoms with E-state index in [1.54, 1.807) is 0 Å². The van der Waals surface area contributed by atoms with E-state index in [9.17, 15) is 4.79 Å². The van der Waals surface area contributed by atoms with E-state index in [4.69, 9.17) is 0 Å². The van der Waals surface area contributed by atoms with Crippen LogP contribution in [0.4, 0.5) is 0 Å². The highest BCUT2D eigenvalue weighted by atomic mass is 16.1. The Labute approximate surface area is 82.8 Å². The maximum absolute atomic E-state index is 11.3. The molecule has 3 heteroatoms. The van der Waals surface area contributed by atoms with Crippen LogP contribution in [-0.2, 0) is 0 Å². The molecule has 74 valence electrons. The molecule has 2 aromatic rings. The molecule has 1 aromatic heterocycles. The lowest BCUT2D eigenvalue weighted by atomic mass is 10.1. The molecule has 0 saturated heterocycles. The topological polar surface area (TPSA) is 45.8 Å². The van der Waals surface area contributed by atoms with E-state index in [1.165, 1.54) is 6.33 Å². The van der Waals surface area contributed by atoms with Gasteiger partial charge >= 0.3 is 0 Å². The molecule has 3 nitrogen and oxygen atoms in total. The molecule has 1 N–H and O–H groups in total. The Morgan fingerprint density at radius 3 is 2.64 bits per heavy atom. The fourth-order valence-electron chi connectivity index (χ4n) is 1.29. The van der Waals surface area contributed by atoms with Crippen LogP contribution in [0, 0.1) is 6.92 Å². The maximum atomic E-state index is 11.3. The van der Waals surface area contributed by atoms with Gasteiger partial charge in [0.05, 0.1) is 17.2 Å². The summed E-state index contributed by atoms with van der Waals surface area (Å²) in [7, 11) is 0. The van der Waals surface area contributed by atoms with Crippen LogP contribution in [-0.4, -0.2) is 9.97 Å². The van der Waals surface area contributed by atoms with Crippen LogP contribution in [0.5, 0.6) is 0 Å². The first-order valence-electron chi connectivity index (χ1n) is 4.72. The first-order chi connectivity index (χ1) is 6.79. The van der Waals surface area contributed by atoms with E-state index in [0.29, 0.717) is 5.39 Å². The third-order valence-electron chi connectivity index (χ3n) is 1.88. The minimum atomic E-state index is -0.0712. The van der Waals surface area contributed by atoms with Crippen molar-refractivity contribution >= 4 is 10.9 Å². The van der Waals surface area contributed by atoms with Gasteiger partial charge in [-0.2, -0.15) is 0 Å². The Bertz CT molecular complexity index is 469. The Morgan fingerprint density at radius 1 is 1.29 bits per heavy atom. The predicted molar refractivity (Wildman–Crippen MR) is 58.4 cm³/mol. The highest BCUT2D eigenvalue weighted by molar-refractivity contribution is 5.80. The molecular weight excluding hydrogens is 176 g/mol. The van der Waals surface area contributed by atoms with E-state index in [-0.39, 0.29) is 5.56 Å². The van der Waals surface area contributed by atoms with E-state index in [1.807, 2.05) is 39.0 Å². The highest BCUT2D eigenvalue weighted by Gasteiger charge is 1.99. The van der Waals surface area contributed by atoms with Crippen LogP contribution >= 0.6 is 0 Å². The van der Waals surface area contributed by atoms with Gasteiger partial charge < -0.3 is 4.98 Å². The number of aromatic amines is 1. The standard InChI is InChI=1S/C9H8N2O.C2H6/c1-6-3-2-4-7-8(6)9(12)11-5-10-7;1-2/h2-5H,1H3,(H,10,11,12);1-2H3. The number of hydrogen-bond acceptors (Lipinski definition) is 2. The summed E-state index contributed by atoms with van der Waals surface area (Å²) in [5.41, 5.74) is 1.64. The van der Waals surface area contributed by atoms with Gasteiger partial charge in [-0.1, -0.05) is 26.0 Å². The fraction of sp³-hybridized carbons (Fsp3) is 0.273. The zero-order valence-electron chi connectivity index (χ0n) is 8.66. The third-order valence-corrected chi connectivity index (χ3v) is 1.88. The number of hydrogen-bond donors (Lipinski definition) is 1. The van der Waals surface area contributed by atoms with Crippen molar-refractivity contribution in [2.45, 2.75) is 20.8 Å². The lowest BCUT2D eigenvalue weighted by Gasteiger charge is -1.97. The summed E-state index contributed by atoms with van der Waals surface area (Å²) in [6.45, 7) is 5.90. The molecule has 0 radical (unpaired) electrons. The fourth-order valence-corrected chi connectivity index (χ4v) is 1.29. The van der Waals surface area contributed by atoms with E-state index < -0.39 is 0 Å². The summed E-state index contributed by atoms with van der Waals surface area (Å²) in [4.78, 5) is 17.9. The zero-order valence-corrected chi connectivity index (χ0v) is 8.66. The Kier molecular flexibility index (Phi) is 3.40. The molecule has 0 aliphatic rings. The van der Waals surface area contributed by atoms with Crippen molar-refractivity contribution in [1.29, 1.82) is 0 Å². The van der Waals surface area contributed by atoms with Crippen LogP contribution in [0.25, 0.3) is 10.9 Å². The first kappa shape index (κ1) is 10.4. The van der Waals surface area contributed by atoms with Gasteiger partial charge in [-0.05, 0) is 18.6 Å². The summed E-state index contributed by atoms with van der Waals surface area (Å²) in [5.74, 6) is 0. The zero-order chi connectivity index (χ0) is 10.6. The smallest absolute Gasteiger partial charge is 0.258 e. The van der Waals surface area contributed by atoms with Gasteiger partial charge in [0.25, 0.3) is 5.56 Å². The second kappa shape index (κ2) is 4.56. The molecule has 2 rings (SSSR count). The van der Waals surface area contributed by atoms with Crippen molar-refractivity contribution < 1.29 is 0 Å². The predicted octanol–water partition coefficient (Wildman–Crippen LogP) is 2.26. The van der Waals surface area contributed by atoms with Crippen molar-refractivity contribution in [3.63, 3.8) is 0 Å². The second-order valence-electron chi connectivity index (χ2n) is 2.70. The maximum Gasteiger partial charge on any atom is 0.258 e. The lowest BCUT2D eigenvalue weighted by Crippen LogP contribution is -2.07. The van der Waals surface area contributed by atoms with Gasteiger partial charge in [-0.3, -0.25) is 4.79 Å². The SMILES string of the molecule is CC.Cc1cccc2nc[nH]c(=O)c12. The minimum Gasteiger partial charge on any atom is -0.313 e. The summed E-state index contributed by atoms with van der Waals surface area (Å²) in [6.07, 6.45) is 1.42. The molecule has 0 spiro atoms. The number of H-pyrrole nitrogens is 1. The van der Waals surface area contributed by atoms with Gasteiger partial charge in [-0.15, -0.1) is 0 Å². The lowest BCUT2D eigenvalue weighted by molar-refractivity contribution is 1.17. The number of fused-ring (bicyclic) bond motifs is 1. The van der Waals surface area contributed by atoms with Gasteiger partial charge in [-0.25, -0.2) is 4.98 Å². The first-order valence-corrected chi connectivity index (χ1v) is 4.72. The Morgan fingerprint density at radius 2 is 2.00 bits per heavy atom. The molecular formula is C11H14N2O. The molecule has 0 atom stereocenters. The molecule has 0 aliphatic carbocycles. The van der Waals surface area contributed by atoms with Crippen molar-refractivity contribution in [3.05, 3.63) is 40.4 Å². The molecule has 1 heterocycles. The Hall–Kier alpha value is -1.64. The van der Waals surface area contributed by atoms with E-state index in [2.05, 4.69) is 9.97 Å². The van der Waals surface area contributed by atoms with Gasteiger partial charge in [0.1, 0.15) is 0 Å². The average molecular weight is 190 g/mol. The normalized spacial score (nSPS) is 9.36. The molecule has 0 amide bonds. The Balaban J connectivity index is 0.000000461. The van der Waals surface area contributed by atoms with Gasteiger partial charge in [0, 0.05) is 0 Å². The molecule has 0 saturated carbocycles. The van der Waals surface area contributed by atoms with Crippen molar-refractivity contribution in [2.75, 3.05) is 0 Å². The third kappa shape index (κ3) is 1.82. The number of aryl methyl sites for hydroxylation is 1. The van der Waals surface area contributed by atoms with Crippen LogP contribution < -0.4 is 5.56 Å². The van der Waals surface area contributed by atoms with Gasteiger partial charge in [0.15, 0.2) is 0 Å². The number of rotatable bonds is 0.